The first-order valence-electron chi connectivity index (χ1n) is 2.46. The molecule has 9 heavy (non-hydrogen) atoms. The van der Waals surface area contributed by atoms with Crippen LogP contribution in [-0.4, -0.2) is 17.7 Å². The van der Waals surface area contributed by atoms with Crippen LogP contribution in [0.4, 0.5) is 0 Å². The third-order valence-electron chi connectivity index (χ3n) is 0.564. The smallest absolute Gasteiger partial charge is 0.314 e. The normalized spacial score (nSPS) is 8.67. The fraction of sp³-hybridized carbons (Fsp3) is 0.600. The predicted octanol–water partition coefficient (Wildman–Crippen LogP) is 0.664. The highest BCUT2D eigenvalue weighted by Gasteiger charge is 2.02. The van der Waals surface area contributed by atoms with E-state index in [0.29, 0.717) is 5.75 Å². The van der Waals surface area contributed by atoms with Crippen LogP contribution in [0.2, 0.25) is 0 Å². The number of carbonyl (C=O) groups excluding carboxylic acids is 2. The molecule has 1 radical (unpaired) electrons. The van der Waals surface area contributed by atoms with Gasteiger partial charge in [-0.25, -0.2) is 0 Å². The molecule has 0 unspecified atom stereocenters. The van der Waals surface area contributed by atoms with Crippen LogP contribution in [0.15, 0.2) is 0 Å². The van der Waals surface area contributed by atoms with Gasteiger partial charge in [0.1, 0.15) is 0 Å². The lowest BCUT2D eigenvalue weighted by Gasteiger charge is -1.94. The summed E-state index contributed by atoms with van der Waals surface area (Å²) in [6, 6.07) is 0. The van der Waals surface area contributed by atoms with E-state index in [4.69, 9.17) is 0 Å². The van der Waals surface area contributed by atoms with Gasteiger partial charge < -0.3 is 4.74 Å². The Morgan fingerprint density at radius 3 is 2.44 bits per heavy atom. The van der Waals surface area contributed by atoms with Crippen LogP contribution in [0.1, 0.15) is 13.3 Å². The first-order chi connectivity index (χ1) is 4.16. The zero-order valence-corrected chi connectivity index (χ0v) is 5.86. The van der Waals surface area contributed by atoms with Crippen LogP contribution in [0.3, 0.4) is 0 Å². The monoisotopic (exact) mass is 147 g/mol. The average Bonchev–Trinajstić information content (AvgIpc) is 1.63. The molecule has 4 heteroatoms. The van der Waals surface area contributed by atoms with Crippen molar-refractivity contribution in [3.05, 3.63) is 0 Å². The molecule has 0 aliphatic carbocycles. The molecule has 0 saturated carbocycles. The first-order valence-corrected chi connectivity index (χ1v) is 3.04. The molecule has 0 aliphatic heterocycles. The zero-order chi connectivity index (χ0) is 7.28. The molecule has 3 nitrogen and oxygen atoms in total. The van der Waals surface area contributed by atoms with Gasteiger partial charge in [0.15, 0.2) is 0 Å². The summed E-state index contributed by atoms with van der Waals surface area (Å²) in [4.78, 5) is 20.4. The van der Waals surface area contributed by atoms with Crippen molar-refractivity contribution in [2.45, 2.75) is 13.3 Å². The van der Waals surface area contributed by atoms with Gasteiger partial charge in [-0.15, -0.1) is 0 Å². The Balaban J connectivity index is 3.39. The highest BCUT2D eigenvalue weighted by Crippen LogP contribution is 1.88. The molecule has 0 saturated heterocycles. The first kappa shape index (κ1) is 8.49. The number of rotatable bonds is 2. The maximum Gasteiger partial charge on any atom is 0.314 e. The Hall–Kier alpha value is -0.510. The van der Waals surface area contributed by atoms with Crippen LogP contribution in [-0.2, 0) is 14.3 Å². The van der Waals surface area contributed by atoms with Crippen molar-refractivity contribution in [1.82, 2.24) is 0 Å². The quantitative estimate of drug-likeness (QED) is 0.425. The van der Waals surface area contributed by atoms with Gasteiger partial charge >= 0.3 is 11.9 Å². The Morgan fingerprint density at radius 2 is 2.11 bits per heavy atom. The van der Waals surface area contributed by atoms with E-state index in [-0.39, 0.29) is 6.42 Å². The van der Waals surface area contributed by atoms with Gasteiger partial charge in [0.05, 0.1) is 6.42 Å². The van der Waals surface area contributed by atoms with Crippen LogP contribution in [0.25, 0.3) is 0 Å². The minimum absolute atomic E-state index is 0.134. The van der Waals surface area contributed by atoms with E-state index >= 15 is 0 Å². The van der Waals surface area contributed by atoms with Crippen molar-refractivity contribution in [3.63, 3.8) is 0 Å². The summed E-state index contributed by atoms with van der Waals surface area (Å²) in [5.74, 6) is -0.826. The Labute approximate surface area is 58.8 Å². The molecule has 0 aromatic heterocycles. The maximum atomic E-state index is 10.3. The summed E-state index contributed by atoms with van der Waals surface area (Å²) in [7, 11) is 0. The van der Waals surface area contributed by atoms with Gasteiger partial charge in [0, 0.05) is 12.7 Å². The molecule has 0 rings (SSSR count). The van der Waals surface area contributed by atoms with E-state index in [0.717, 1.165) is 0 Å². The molecule has 0 aromatic rings. The number of esters is 2. The summed E-state index contributed by atoms with van der Waals surface area (Å²) in [6.07, 6.45) is 0.134. The summed E-state index contributed by atoms with van der Waals surface area (Å²) >= 11 is 4.47. The van der Waals surface area contributed by atoms with E-state index in [1.807, 2.05) is 0 Å². The van der Waals surface area contributed by atoms with E-state index < -0.39 is 11.9 Å². The van der Waals surface area contributed by atoms with Crippen LogP contribution in [0.5, 0.6) is 0 Å². The van der Waals surface area contributed by atoms with Crippen molar-refractivity contribution in [2.24, 2.45) is 0 Å². The second-order valence-corrected chi connectivity index (χ2v) is 1.83. The van der Waals surface area contributed by atoms with Crippen molar-refractivity contribution in [3.8, 4) is 0 Å². The van der Waals surface area contributed by atoms with Crippen molar-refractivity contribution >= 4 is 24.6 Å². The third kappa shape index (κ3) is 5.36. The second kappa shape index (κ2) is 4.38. The van der Waals surface area contributed by atoms with Crippen LogP contribution >= 0.6 is 12.6 Å². The molecule has 0 aromatic carbocycles. The molecular formula is C5H7O3S. The SMILES string of the molecule is CC(=O)OC(=O)CC[S]. The lowest BCUT2D eigenvalue weighted by atomic mass is 10.5. The fourth-order valence-corrected chi connectivity index (χ4v) is 0.461. The molecule has 0 fully saturated rings. The summed E-state index contributed by atoms with van der Waals surface area (Å²) < 4.78 is 4.15. The minimum atomic E-state index is -0.580. The van der Waals surface area contributed by atoms with Crippen LogP contribution in [0, 0.1) is 0 Å². The van der Waals surface area contributed by atoms with Crippen molar-refractivity contribution < 1.29 is 14.3 Å². The largest absolute Gasteiger partial charge is 0.393 e. The summed E-state index contributed by atoms with van der Waals surface area (Å²) in [6.45, 7) is 1.18. The topological polar surface area (TPSA) is 43.4 Å². The van der Waals surface area contributed by atoms with Gasteiger partial charge in [-0.1, -0.05) is 12.6 Å². The highest BCUT2D eigenvalue weighted by atomic mass is 32.1. The van der Waals surface area contributed by atoms with Crippen molar-refractivity contribution in [2.75, 3.05) is 5.75 Å². The van der Waals surface area contributed by atoms with E-state index in [2.05, 4.69) is 17.4 Å². The summed E-state index contributed by atoms with van der Waals surface area (Å²) in [5, 5.41) is 0. The molecule has 0 amide bonds. The van der Waals surface area contributed by atoms with Gasteiger partial charge in [-0.2, -0.15) is 0 Å². The highest BCUT2D eigenvalue weighted by molar-refractivity contribution is 7.80. The molecule has 0 aliphatic rings. The van der Waals surface area contributed by atoms with E-state index in [1.165, 1.54) is 6.92 Å². The average molecular weight is 147 g/mol. The third-order valence-corrected chi connectivity index (χ3v) is 0.768. The standard InChI is InChI=1S/C5H7O3S/c1-4(6)8-5(7)2-3-9/h2-3H2,1H3. The maximum absolute atomic E-state index is 10.3. The molecule has 0 spiro atoms. The van der Waals surface area contributed by atoms with Gasteiger partial charge in [-0.05, 0) is 0 Å². The molecule has 51 valence electrons. The van der Waals surface area contributed by atoms with Gasteiger partial charge in [-0.3, -0.25) is 9.59 Å². The molecule has 0 heterocycles. The number of ether oxygens (including phenoxy) is 1. The lowest BCUT2D eigenvalue weighted by molar-refractivity contribution is -0.157. The number of hydrogen-bond donors (Lipinski definition) is 0. The fourth-order valence-electron chi connectivity index (χ4n) is 0.295. The predicted molar refractivity (Wildman–Crippen MR) is 33.8 cm³/mol. The lowest BCUT2D eigenvalue weighted by Crippen LogP contribution is -2.08. The molecule has 0 N–H and O–H groups in total. The summed E-state index contributed by atoms with van der Waals surface area (Å²) in [5.41, 5.74) is 0. The number of hydrogen-bond acceptors (Lipinski definition) is 3. The van der Waals surface area contributed by atoms with E-state index in [1.54, 1.807) is 0 Å². The van der Waals surface area contributed by atoms with Gasteiger partial charge in [0.2, 0.25) is 0 Å². The van der Waals surface area contributed by atoms with E-state index in [9.17, 15) is 9.59 Å². The molecule has 0 bridgehead atoms. The molecular weight excluding hydrogens is 140 g/mol. The Bertz CT molecular complexity index is 121. The van der Waals surface area contributed by atoms with Gasteiger partial charge in [0.25, 0.3) is 0 Å². The zero-order valence-electron chi connectivity index (χ0n) is 5.05. The van der Waals surface area contributed by atoms with Crippen LogP contribution < -0.4 is 0 Å². The molecule has 0 atom stereocenters. The Morgan fingerprint density at radius 1 is 1.56 bits per heavy atom. The number of carbonyl (C=O) groups is 2. The minimum Gasteiger partial charge on any atom is -0.393 e. The van der Waals surface area contributed by atoms with Crippen molar-refractivity contribution in [1.29, 1.82) is 0 Å². The second-order valence-electron chi connectivity index (χ2n) is 1.42. The Kier molecular flexibility index (Phi) is 4.13.